The molecule has 1 heterocycles. The molecule has 0 unspecified atom stereocenters. The number of hydrogen-bond donors (Lipinski definition) is 0. The van der Waals surface area contributed by atoms with Gasteiger partial charge < -0.3 is 33.2 Å². The van der Waals surface area contributed by atoms with Gasteiger partial charge in [0.15, 0.2) is 34.5 Å². The monoisotopic (exact) mass is 476 g/mol. The van der Waals surface area contributed by atoms with Crippen molar-refractivity contribution in [2.45, 2.75) is 0 Å². The van der Waals surface area contributed by atoms with Crippen LogP contribution in [0.4, 0.5) is 0 Å². The summed E-state index contributed by atoms with van der Waals surface area (Å²) in [4.78, 5) is 0. The van der Waals surface area contributed by atoms with Gasteiger partial charge in [0.1, 0.15) is 11.5 Å². The molecule has 7 nitrogen and oxygen atoms in total. The molecule has 0 aromatic heterocycles. The van der Waals surface area contributed by atoms with Crippen LogP contribution < -0.4 is 28.4 Å². The average Bonchev–Trinajstić information content (AvgIpc) is 2.91. The summed E-state index contributed by atoms with van der Waals surface area (Å²) < 4.78 is 39.2. The fourth-order valence-electron chi connectivity index (χ4n) is 3.90. The van der Waals surface area contributed by atoms with Gasteiger partial charge in [0.05, 0.1) is 42.7 Å². The Bertz CT molecular complexity index is 1290. The fraction of sp³-hybridized carbons (Fsp3) is 0.214. The molecule has 0 saturated carbocycles. The summed E-state index contributed by atoms with van der Waals surface area (Å²) in [7, 11) is 9.65. The first-order chi connectivity index (χ1) is 17.0. The van der Waals surface area contributed by atoms with Crippen molar-refractivity contribution in [2.75, 3.05) is 42.7 Å². The van der Waals surface area contributed by atoms with Crippen molar-refractivity contribution in [1.82, 2.24) is 0 Å². The third kappa shape index (κ3) is 4.71. The van der Waals surface area contributed by atoms with E-state index in [2.05, 4.69) is 0 Å². The van der Waals surface area contributed by atoms with E-state index in [1.807, 2.05) is 60.7 Å². The molecule has 0 N–H and O–H groups in total. The Kier molecular flexibility index (Phi) is 7.06. The smallest absolute Gasteiger partial charge is 0.161 e. The SMILES string of the molecule is COc1ccc(C=C2OC(c3ccc(OC)c(OC)c3)=Cc3cc(OC)c(OC)cc32)cc1OC. The lowest BCUT2D eigenvalue weighted by atomic mass is 9.98. The second-order valence-electron chi connectivity index (χ2n) is 7.60. The van der Waals surface area contributed by atoms with Crippen LogP contribution in [0.25, 0.3) is 23.7 Å². The van der Waals surface area contributed by atoms with Crippen molar-refractivity contribution in [3.63, 3.8) is 0 Å². The number of methoxy groups -OCH3 is 6. The zero-order valence-electron chi connectivity index (χ0n) is 20.6. The van der Waals surface area contributed by atoms with Crippen LogP contribution in [0.2, 0.25) is 0 Å². The lowest BCUT2D eigenvalue weighted by Gasteiger charge is -2.23. The van der Waals surface area contributed by atoms with E-state index < -0.39 is 0 Å². The van der Waals surface area contributed by atoms with Gasteiger partial charge in [0, 0.05) is 11.1 Å². The van der Waals surface area contributed by atoms with E-state index in [9.17, 15) is 0 Å². The van der Waals surface area contributed by atoms with Gasteiger partial charge >= 0.3 is 0 Å². The molecule has 182 valence electrons. The van der Waals surface area contributed by atoms with E-state index >= 15 is 0 Å². The van der Waals surface area contributed by atoms with Crippen LogP contribution in [0.3, 0.4) is 0 Å². The summed E-state index contributed by atoms with van der Waals surface area (Å²) in [6, 6.07) is 15.2. The maximum Gasteiger partial charge on any atom is 0.161 e. The van der Waals surface area contributed by atoms with Crippen LogP contribution in [0.5, 0.6) is 34.5 Å². The van der Waals surface area contributed by atoms with E-state index in [1.165, 1.54) is 0 Å². The van der Waals surface area contributed by atoms with Gasteiger partial charge in [-0.05, 0) is 65.7 Å². The Morgan fingerprint density at radius 3 is 1.74 bits per heavy atom. The standard InChI is InChI=1S/C28H28O7/c1-29-21-9-7-17(12-25(21)31-3)11-24-20-16-28(34-6)27(33-5)15-19(20)14-23(35-24)18-8-10-22(30-2)26(13-18)32-4/h7-16H,1-6H3. The van der Waals surface area contributed by atoms with Gasteiger partial charge in [0.2, 0.25) is 0 Å². The number of rotatable bonds is 8. The molecule has 1 aliphatic rings. The molecule has 3 aromatic carbocycles. The molecular formula is C28H28O7. The second-order valence-corrected chi connectivity index (χ2v) is 7.60. The quantitative estimate of drug-likeness (QED) is 0.409. The lowest BCUT2D eigenvalue weighted by molar-refractivity contribution is 0.354. The molecule has 0 radical (unpaired) electrons. The molecule has 1 aliphatic heterocycles. The normalized spacial score (nSPS) is 13.3. The van der Waals surface area contributed by atoms with Crippen LogP contribution in [0.1, 0.15) is 22.3 Å². The van der Waals surface area contributed by atoms with Crippen LogP contribution in [0, 0.1) is 0 Å². The van der Waals surface area contributed by atoms with Crippen molar-refractivity contribution < 1.29 is 33.2 Å². The van der Waals surface area contributed by atoms with Crippen LogP contribution >= 0.6 is 0 Å². The molecular weight excluding hydrogens is 448 g/mol. The molecule has 0 fully saturated rings. The maximum absolute atomic E-state index is 6.44. The van der Waals surface area contributed by atoms with Crippen molar-refractivity contribution in [3.05, 3.63) is 70.8 Å². The highest BCUT2D eigenvalue weighted by molar-refractivity contribution is 5.94. The summed E-state index contributed by atoms with van der Waals surface area (Å²) in [5.74, 6) is 5.05. The summed E-state index contributed by atoms with van der Waals surface area (Å²) in [6.45, 7) is 0. The van der Waals surface area contributed by atoms with E-state index in [-0.39, 0.29) is 0 Å². The van der Waals surface area contributed by atoms with Crippen molar-refractivity contribution in [3.8, 4) is 34.5 Å². The molecule has 0 aliphatic carbocycles. The molecule has 0 amide bonds. The van der Waals surface area contributed by atoms with E-state index in [4.69, 9.17) is 33.2 Å². The van der Waals surface area contributed by atoms with Crippen molar-refractivity contribution in [1.29, 1.82) is 0 Å². The number of hydrogen-bond acceptors (Lipinski definition) is 7. The highest BCUT2D eigenvalue weighted by Crippen LogP contribution is 2.43. The van der Waals surface area contributed by atoms with E-state index in [1.54, 1.807) is 42.7 Å². The minimum atomic E-state index is 0.607. The van der Waals surface area contributed by atoms with Crippen LogP contribution in [-0.4, -0.2) is 42.7 Å². The molecule has 35 heavy (non-hydrogen) atoms. The predicted molar refractivity (Wildman–Crippen MR) is 135 cm³/mol. The van der Waals surface area contributed by atoms with Gasteiger partial charge in [-0.3, -0.25) is 0 Å². The largest absolute Gasteiger partial charge is 0.493 e. The Labute approximate surface area is 205 Å². The Hall–Kier alpha value is -4.26. The molecule has 0 saturated heterocycles. The molecule has 3 aromatic rings. The number of benzene rings is 3. The fourth-order valence-corrected chi connectivity index (χ4v) is 3.90. The Morgan fingerprint density at radius 1 is 0.571 bits per heavy atom. The summed E-state index contributed by atoms with van der Waals surface area (Å²) in [5.41, 5.74) is 3.50. The van der Waals surface area contributed by atoms with Crippen molar-refractivity contribution in [2.24, 2.45) is 0 Å². The van der Waals surface area contributed by atoms with Gasteiger partial charge in [-0.1, -0.05) is 6.07 Å². The third-order valence-electron chi connectivity index (χ3n) is 5.70. The topological polar surface area (TPSA) is 64.6 Å². The highest BCUT2D eigenvalue weighted by Gasteiger charge is 2.23. The maximum atomic E-state index is 6.44. The average molecular weight is 477 g/mol. The Balaban J connectivity index is 1.87. The van der Waals surface area contributed by atoms with Crippen LogP contribution in [0.15, 0.2) is 48.5 Å². The Morgan fingerprint density at radius 2 is 1.11 bits per heavy atom. The minimum Gasteiger partial charge on any atom is -0.493 e. The van der Waals surface area contributed by atoms with Gasteiger partial charge in [-0.15, -0.1) is 0 Å². The molecule has 4 rings (SSSR count). The lowest BCUT2D eigenvalue weighted by Crippen LogP contribution is -2.04. The van der Waals surface area contributed by atoms with Gasteiger partial charge in [0.25, 0.3) is 0 Å². The first-order valence-electron chi connectivity index (χ1n) is 10.9. The molecule has 0 spiro atoms. The van der Waals surface area contributed by atoms with Crippen LogP contribution in [-0.2, 0) is 4.74 Å². The number of fused-ring (bicyclic) bond motifs is 1. The molecule has 7 heteroatoms. The van der Waals surface area contributed by atoms with Gasteiger partial charge in [-0.25, -0.2) is 0 Å². The summed E-state index contributed by atoms with van der Waals surface area (Å²) in [6.07, 6.45) is 3.91. The second kappa shape index (κ2) is 10.3. The van der Waals surface area contributed by atoms with E-state index in [0.29, 0.717) is 46.0 Å². The first kappa shape index (κ1) is 23.9. The summed E-state index contributed by atoms with van der Waals surface area (Å²) in [5, 5.41) is 0. The predicted octanol–water partition coefficient (Wildman–Crippen LogP) is 5.76. The molecule has 0 bridgehead atoms. The minimum absolute atomic E-state index is 0.607. The van der Waals surface area contributed by atoms with Gasteiger partial charge in [-0.2, -0.15) is 0 Å². The van der Waals surface area contributed by atoms with E-state index in [0.717, 1.165) is 22.3 Å². The third-order valence-corrected chi connectivity index (χ3v) is 5.70. The summed E-state index contributed by atoms with van der Waals surface area (Å²) >= 11 is 0. The highest BCUT2D eigenvalue weighted by atomic mass is 16.5. The van der Waals surface area contributed by atoms with Crippen molar-refractivity contribution >= 4 is 23.7 Å². The number of ether oxygens (including phenoxy) is 7. The molecule has 0 atom stereocenters. The zero-order valence-corrected chi connectivity index (χ0v) is 20.6. The first-order valence-corrected chi connectivity index (χ1v) is 10.9. The zero-order chi connectivity index (χ0) is 24.9.